The van der Waals surface area contributed by atoms with Crippen LogP contribution in [0.1, 0.15) is 13.8 Å². The topological polar surface area (TPSA) is 64.6 Å². The summed E-state index contributed by atoms with van der Waals surface area (Å²) in [4.78, 5) is 0.113. The van der Waals surface area contributed by atoms with Crippen molar-refractivity contribution in [3.8, 4) is 22.6 Å². The minimum Gasteiger partial charge on any atom is -0.490 e. The van der Waals surface area contributed by atoms with E-state index in [0.29, 0.717) is 30.4 Å². The molecule has 5 nitrogen and oxygen atoms in total. The maximum absolute atomic E-state index is 13.0. The van der Waals surface area contributed by atoms with Crippen LogP contribution in [0, 0.1) is 0 Å². The lowest BCUT2D eigenvalue weighted by Crippen LogP contribution is -2.14. The Bertz CT molecular complexity index is 1030. The average molecular weight is 397 g/mol. The number of anilines is 1. The summed E-state index contributed by atoms with van der Waals surface area (Å²) in [7, 11) is -3.80. The fourth-order valence-electron chi connectivity index (χ4n) is 2.84. The largest absolute Gasteiger partial charge is 0.490 e. The first kappa shape index (κ1) is 19.8. The molecule has 0 saturated heterocycles. The van der Waals surface area contributed by atoms with Gasteiger partial charge in [0.2, 0.25) is 0 Å². The molecule has 146 valence electrons. The minimum atomic E-state index is -3.80. The van der Waals surface area contributed by atoms with Crippen LogP contribution < -0.4 is 14.2 Å². The van der Waals surface area contributed by atoms with Crippen molar-refractivity contribution in [3.63, 3.8) is 0 Å². The highest BCUT2D eigenvalue weighted by atomic mass is 32.2. The van der Waals surface area contributed by atoms with E-state index in [1.807, 2.05) is 56.3 Å². The van der Waals surface area contributed by atoms with Crippen LogP contribution in [0.3, 0.4) is 0 Å². The lowest BCUT2D eigenvalue weighted by atomic mass is 10.0. The standard InChI is InChI=1S/C22H23NO4S/c1-3-26-21-15-14-18(16-22(21)27-4-2)28(24,25)23-20-13-9-8-12-19(20)17-10-6-5-7-11-17/h5-16,23H,3-4H2,1-2H3. The Kier molecular flexibility index (Phi) is 6.21. The highest BCUT2D eigenvalue weighted by Crippen LogP contribution is 2.33. The van der Waals surface area contributed by atoms with Crippen molar-refractivity contribution in [2.45, 2.75) is 18.7 Å². The summed E-state index contributed by atoms with van der Waals surface area (Å²) < 4.78 is 39.8. The molecule has 3 rings (SSSR count). The van der Waals surface area contributed by atoms with E-state index in [-0.39, 0.29) is 4.90 Å². The number of sulfonamides is 1. The minimum absolute atomic E-state index is 0.113. The highest BCUT2D eigenvalue weighted by molar-refractivity contribution is 7.92. The van der Waals surface area contributed by atoms with E-state index in [9.17, 15) is 8.42 Å². The molecule has 0 amide bonds. The third-order valence-electron chi connectivity index (χ3n) is 4.08. The van der Waals surface area contributed by atoms with Crippen LogP contribution in [0.4, 0.5) is 5.69 Å². The molecule has 0 fully saturated rings. The van der Waals surface area contributed by atoms with Gasteiger partial charge in [-0.15, -0.1) is 0 Å². The summed E-state index contributed by atoms with van der Waals surface area (Å²) in [5, 5.41) is 0. The summed E-state index contributed by atoms with van der Waals surface area (Å²) in [5.41, 5.74) is 2.26. The number of ether oxygens (including phenoxy) is 2. The van der Waals surface area contributed by atoms with Crippen LogP contribution in [-0.2, 0) is 10.0 Å². The van der Waals surface area contributed by atoms with Crippen LogP contribution >= 0.6 is 0 Å². The maximum Gasteiger partial charge on any atom is 0.262 e. The van der Waals surface area contributed by atoms with E-state index in [4.69, 9.17) is 9.47 Å². The van der Waals surface area contributed by atoms with E-state index < -0.39 is 10.0 Å². The summed E-state index contributed by atoms with van der Waals surface area (Å²) in [6.45, 7) is 4.58. The predicted octanol–water partition coefficient (Wildman–Crippen LogP) is 4.95. The Hall–Kier alpha value is -2.99. The van der Waals surface area contributed by atoms with Crippen molar-refractivity contribution in [1.29, 1.82) is 0 Å². The third-order valence-corrected chi connectivity index (χ3v) is 5.44. The zero-order valence-electron chi connectivity index (χ0n) is 15.9. The highest BCUT2D eigenvalue weighted by Gasteiger charge is 2.19. The molecule has 0 aliphatic carbocycles. The van der Waals surface area contributed by atoms with Crippen LogP contribution in [0.5, 0.6) is 11.5 Å². The van der Waals surface area contributed by atoms with Gasteiger partial charge in [-0.05, 0) is 37.6 Å². The monoisotopic (exact) mass is 397 g/mol. The first-order chi connectivity index (χ1) is 13.5. The Morgan fingerprint density at radius 3 is 2.14 bits per heavy atom. The van der Waals surface area contributed by atoms with Crippen LogP contribution in [0.25, 0.3) is 11.1 Å². The van der Waals surface area contributed by atoms with Gasteiger partial charge < -0.3 is 9.47 Å². The second-order valence-electron chi connectivity index (χ2n) is 5.99. The van der Waals surface area contributed by atoms with Gasteiger partial charge in [-0.25, -0.2) is 8.42 Å². The van der Waals surface area contributed by atoms with Crippen molar-refractivity contribution in [3.05, 3.63) is 72.8 Å². The smallest absolute Gasteiger partial charge is 0.262 e. The number of hydrogen-bond donors (Lipinski definition) is 1. The molecule has 0 heterocycles. The zero-order chi connectivity index (χ0) is 20.0. The molecule has 0 aromatic heterocycles. The molecule has 3 aromatic rings. The molecule has 0 spiro atoms. The van der Waals surface area contributed by atoms with Gasteiger partial charge in [0.1, 0.15) is 0 Å². The van der Waals surface area contributed by atoms with Gasteiger partial charge in [0.15, 0.2) is 11.5 Å². The van der Waals surface area contributed by atoms with Crippen molar-refractivity contribution < 1.29 is 17.9 Å². The number of para-hydroxylation sites is 1. The van der Waals surface area contributed by atoms with Gasteiger partial charge in [0.25, 0.3) is 10.0 Å². The van der Waals surface area contributed by atoms with Crippen molar-refractivity contribution >= 4 is 15.7 Å². The SMILES string of the molecule is CCOc1ccc(S(=O)(=O)Nc2ccccc2-c2ccccc2)cc1OCC. The van der Waals surface area contributed by atoms with E-state index in [1.165, 1.54) is 12.1 Å². The molecule has 3 aromatic carbocycles. The van der Waals surface area contributed by atoms with Gasteiger partial charge in [-0.2, -0.15) is 0 Å². The number of hydrogen-bond acceptors (Lipinski definition) is 4. The van der Waals surface area contributed by atoms with Crippen LogP contribution in [0.2, 0.25) is 0 Å². The van der Waals surface area contributed by atoms with Gasteiger partial charge in [-0.1, -0.05) is 48.5 Å². The molecule has 0 radical (unpaired) electrons. The number of nitrogens with one attached hydrogen (secondary N) is 1. The predicted molar refractivity (Wildman–Crippen MR) is 111 cm³/mol. The van der Waals surface area contributed by atoms with Crippen molar-refractivity contribution in [2.24, 2.45) is 0 Å². The Morgan fingerprint density at radius 1 is 0.786 bits per heavy atom. The fourth-order valence-corrected chi connectivity index (χ4v) is 3.94. The van der Waals surface area contributed by atoms with E-state index in [2.05, 4.69) is 4.72 Å². The van der Waals surface area contributed by atoms with E-state index >= 15 is 0 Å². The molecule has 0 bridgehead atoms. The molecular formula is C22H23NO4S. The third kappa shape index (κ3) is 4.46. The Balaban J connectivity index is 1.96. The summed E-state index contributed by atoms with van der Waals surface area (Å²) in [6, 6.07) is 21.6. The molecule has 1 N–H and O–H groups in total. The Labute approximate surface area is 166 Å². The summed E-state index contributed by atoms with van der Waals surface area (Å²) in [5.74, 6) is 0.927. The van der Waals surface area contributed by atoms with E-state index in [0.717, 1.165) is 11.1 Å². The number of rotatable bonds is 8. The summed E-state index contributed by atoms with van der Waals surface area (Å²) >= 11 is 0. The molecular weight excluding hydrogens is 374 g/mol. The van der Waals surface area contributed by atoms with Gasteiger partial charge in [-0.3, -0.25) is 4.72 Å². The van der Waals surface area contributed by atoms with Crippen LogP contribution in [-0.4, -0.2) is 21.6 Å². The first-order valence-electron chi connectivity index (χ1n) is 9.12. The van der Waals surface area contributed by atoms with Gasteiger partial charge in [0.05, 0.1) is 23.8 Å². The lowest BCUT2D eigenvalue weighted by Gasteiger charge is -2.15. The molecule has 0 aliphatic rings. The zero-order valence-corrected chi connectivity index (χ0v) is 16.7. The van der Waals surface area contributed by atoms with Crippen LogP contribution in [0.15, 0.2) is 77.7 Å². The second-order valence-corrected chi connectivity index (χ2v) is 7.67. The number of benzene rings is 3. The van der Waals surface area contributed by atoms with Crippen molar-refractivity contribution in [2.75, 3.05) is 17.9 Å². The molecule has 28 heavy (non-hydrogen) atoms. The molecule has 6 heteroatoms. The Morgan fingerprint density at radius 2 is 1.43 bits per heavy atom. The molecule has 0 saturated carbocycles. The first-order valence-corrected chi connectivity index (χ1v) is 10.6. The summed E-state index contributed by atoms with van der Waals surface area (Å²) in [6.07, 6.45) is 0. The molecule has 0 aliphatic heterocycles. The molecule has 0 unspecified atom stereocenters. The van der Waals surface area contributed by atoms with Crippen molar-refractivity contribution in [1.82, 2.24) is 0 Å². The average Bonchev–Trinajstić information content (AvgIpc) is 2.70. The van der Waals surface area contributed by atoms with Gasteiger partial charge in [0, 0.05) is 11.6 Å². The normalized spacial score (nSPS) is 11.1. The fraction of sp³-hybridized carbons (Fsp3) is 0.182. The maximum atomic E-state index is 13.0. The van der Waals surface area contributed by atoms with Gasteiger partial charge >= 0.3 is 0 Å². The second kappa shape index (κ2) is 8.80. The molecule has 0 atom stereocenters. The quantitative estimate of drug-likeness (QED) is 0.584. The van der Waals surface area contributed by atoms with E-state index in [1.54, 1.807) is 18.2 Å². The lowest BCUT2D eigenvalue weighted by molar-refractivity contribution is 0.287.